The zero-order chi connectivity index (χ0) is 91.2. The fourth-order valence-corrected chi connectivity index (χ4v) is 17.4. The van der Waals surface area contributed by atoms with Crippen LogP contribution >= 0.6 is 23.2 Å². The molecule has 8 amide bonds. The van der Waals surface area contributed by atoms with E-state index in [9.17, 15) is 65.4 Å². The summed E-state index contributed by atoms with van der Waals surface area (Å²) < 4.78 is 45.5. The topological polar surface area (TPSA) is 543 Å². The molecular formula is C91H91Cl2N9O26. The predicted molar refractivity (Wildman–Crippen MR) is 455 cm³/mol. The smallest absolute Gasteiger partial charge is 0.407 e. The van der Waals surface area contributed by atoms with Crippen LogP contribution in [0.2, 0.25) is 10.0 Å². The van der Waals surface area contributed by atoms with Crippen LogP contribution in [-0.4, -0.2) is 197 Å². The Bertz CT molecular complexity index is 5820. The molecule has 20 N–H and O–H groups in total. The van der Waals surface area contributed by atoms with Crippen molar-refractivity contribution >= 4 is 87.4 Å². The third-order valence-corrected chi connectivity index (χ3v) is 24.1. The van der Waals surface area contributed by atoms with E-state index in [0.717, 1.165) is 105 Å². The third kappa shape index (κ3) is 18.7. The number of carbonyl (C=O) groups excluding carboxylic acids is 8. The predicted octanol–water partition coefficient (Wildman–Crippen LogP) is 6.41. The quantitative estimate of drug-likeness (QED) is 0.0441. The van der Waals surface area contributed by atoms with E-state index in [2.05, 4.69) is 42.5 Å². The second-order valence-electron chi connectivity index (χ2n) is 32.8. The van der Waals surface area contributed by atoms with Crippen LogP contribution in [0.15, 0.2) is 170 Å². The van der Waals surface area contributed by atoms with Gasteiger partial charge >= 0.3 is 12.1 Å². The Kier molecular flexibility index (Phi) is 26.2. The zero-order valence-corrected chi connectivity index (χ0v) is 70.2. The number of rotatable bonds is 18. The number of nitrogens with two attached hydrogens (primary N) is 1. The first-order valence-electron chi connectivity index (χ1n) is 40.9. The lowest BCUT2D eigenvalue weighted by Gasteiger charge is -2.48. The summed E-state index contributed by atoms with van der Waals surface area (Å²) in [6, 6.07) is 26.9. The molecule has 7 heterocycles. The van der Waals surface area contributed by atoms with Crippen molar-refractivity contribution < 1.29 is 127 Å². The van der Waals surface area contributed by atoms with Gasteiger partial charge in [0.05, 0.1) is 35.3 Å². The first kappa shape index (κ1) is 90.1. The fraction of sp³-hybridized carbons (Fsp3) is 0.330. The molecule has 2 saturated heterocycles. The van der Waals surface area contributed by atoms with Crippen LogP contribution in [0.1, 0.15) is 128 Å². The number of carbonyl (C=O) groups is 9. The number of nitrogens with one attached hydrogen (secondary N) is 8. The number of aliphatic carboxylic acids is 1. The molecule has 128 heavy (non-hydrogen) atoms. The van der Waals surface area contributed by atoms with Crippen molar-refractivity contribution in [2.24, 2.45) is 11.7 Å². The maximum absolute atomic E-state index is 16.4. The summed E-state index contributed by atoms with van der Waals surface area (Å²) in [5.74, 6) is -17.5. The number of phenols is 3. The Morgan fingerprint density at radius 2 is 1.23 bits per heavy atom. The molecule has 670 valence electrons. The number of fused-ring (bicyclic) bond motifs is 19. The van der Waals surface area contributed by atoms with Crippen molar-refractivity contribution in [2.75, 3.05) is 13.2 Å². The Morgan fingerprint density at radius 1 is 0.617 bits per heavy atom. The van der Waals surface area contributed by atoms with E-state index in [0.29, 0.717) is 0 Å². The maximum Gasteiger partial charge on any atom is 0.407 e. The van der Waals surface area contributed by atoms with E-state index in [-0.39, 0.29) is 48.6 Å². The van der Waals surface area contributed by atoms with Gasteiger partial charge in [0.15, 0.2) is 29.9 Å². The number of aromatic hydroxyl groups is 3. The number of aliphatic hydroxyl groups is 6. The maximum atomic E-state index is 16.4. The number of carboxylic acid groups (broad SMARTS) is 1. The molecule has 18 atom stereocenters. The highest BCUT2D eigenvalue weighted by Crippen LogP contribution is 2.51. The van der Waals surface area contributed by atoms with Crippen molar-refractivity contribution in [1.29, 1.82) is 0 Å². The monoisotopic (exact) mass is 1800 g/mol. The van der Waals surface area contributed by atoms with Crippen LogP contribution in [-0.2, 0) is 63.8 Å². The van der Waals surface area contributed by atoms with E-state index in [4.69, 9.17) is 62.1 Å². The largest absolute Gasteiger partial charge is 0.508 e. The minimum Gasteiger partial charge on any atom is -0.508 e. The number of hydrogen-bond donors (Lipinski definition) is 19. The van der Waals surface area contributed by atoms with Crippen molar-refractivity contribution in [3.63, 3.8) is 0 Å². The number of amides is 8. The van der Waals surface area contributed by atoms with Gasteiger partial charge in [-0.15, -0.1) is 0 Å². The van der Waals surface area contributed by atoms with Gasteiger partial charge in [0.25, 0.3) is 0 Å². The van der Waals surface area contributed by atoms with Gasteiger partial charge in [0, 0.05) is 47.2 Å². The summed E-state index contributed by atoms with van der Waals surface area (Å²) >= 11 is 14.4. The van der Waals surface area contributed by atoms with E-state index < -0.39 is 260 Å². The lowest BCUT2D eigenvalue weighted by molar-refractivity contribution is -0.334. The van der Waals surface area contributed by atoms with Gasteiger partial charge in [-0.2, -0.15) is 0 Å². The summed E-state index contributed by atoms with van der Waals surface area (Å²) in [5, 5.41) is 139. The van der Waals surface area contributed by atoms with Gasteiger partial charge in [-0.25, -0.2) is 9.59 Å². The Hall–Kier alpha value is -12.8. The molecule has 37 heteroatoms. The summed E-state index contributed by atoms with van der Waals surface area (Å²) in [4.78, 5) is 134. The summed E-state index contributed by atoms with van der Waals surface area (Å²) in [6.07, 6.45) is -20.4. The molecule has 0 spiro atoms. The van der Waals surface area contributed by atoms with E-state index in [1.807, 2.05) is 91.0 Å². The SMILES string of the molecule is CC(C)C[C@@H](NC(=O)OCC1c2ccccc2-c2ccccc21)C(=O)N[C@H]1C(=O)N[C@@H](CC(N)=O)C(=O)N[C@H]2C(=O)N[C@H]3C(=O)N[C@H](C(=O)N[C@H](C(=O)O)c4cc(O)cc(O)c4-c4cc3ccc4O)[C@H](O)c3ccc(c(Cl)c3)Oc3cc2cc(c3O[C@@H]2O[C@H](CO)[C@@H](O)[C@H](O)[C@H]2O[C@H]2C[C@](C)(NCc3ccc4ccccc4c3)[C@H](O)[C@H](C)O2)Oc2ccc(cc2Cl)[C@H]1O. The average Bonchev–Trinajstić information content (AvgIpc) is 1.74. The molecule has 0 radical (unpaired) electrons. The molecule has 35 nitrogen and oxygen atoms in total. The second-order valence-corrected chi connectivity index (χ2v) is 33.7. The van der Waals surface area contributed by atoms with Crippen LogP contribution in [0.25, 0.3) is 33.0 Å². The third-order valence-electron chi connectivity index (χ3n) is 23.5. The zero-order valence-electron chi connectivity index (χ0n) is 68.7. The molecule has 9 aromatic rings. The first-order valence-corrected chi connectivity index (χ1v) is 41.7. The van der Waals surface area contributed by atoms with Gasteiger partial charge < -0.3 is 132 Å². The lowest BCUT2D eigenvalue weighted by atomic mass is 9.84. The van der Waals surface area contributed by atoms with Crippen LogP contribution in [0.5, 0.6) is 46.0 Å². The lowest BCUT2D eigenvalue weighted by Crippen LogP contribution is -2.65. The highest BCUT2D eigenvalue weighted by atomic mass is 35.5. The average molecular weight is 1800 g/mol. The molecule has 0 saturated carbocycles. The molecule has 0 unspecified atom stereocenters. The van der Waals surface area contributed by atoms with Crippen molar-refractivity contribution in [1.82, 2.24) is 42.5 Å². The molecule has 0 aromatic heterocycles. The normalized spacial score (nSPS) is 26.0. The number of aliphatic hydroxyl groups excluding tert-OH is 6. The van der Waals surface area contributed by atoms with Crippen LogP contribution in [0, 0.1) is 5.92 Å². The molecule has 17 rings (SSSR count). The van der Waals surface area contributed by atoms with Crippen molar-refractivity contribution in [3.05, 3.63) is 224 Å². The van der Waals surface area contributed by atoms with Gasteiger partial charge in [0.1, 0.15) is 102 Å². The van der Waals surface area contributed by atoms with E-state index >= 15 is 28.8 Å². The number of halogens is 2. The number of alkyl carbamates (subject to hydrolysis) is 1. The molecule has 7 aliphatic heterocycles. The highest BCUT2D eigenvalue weighted by molar-refractivity contribution is 6.32. The highest BCUT2D eigenvalue weighted by Gasteiger charge is 2.53. The Balaban J connectivity index is 0.866. The molecule has 11 bridgehead atoms. The Morgan fingerprint density at radius 3 is 1.88 bits per heavy atom. The molecule has 1 aliphatic carbocycles. The summed E-state index contributed by atoms with van der Waals surface area (Å²) in [7, 11) is 0. The van der Waals surface area contributed by atoms with E-state index in [1.54, 1.807) is 27.7 Å². The summed E-state index contributed by atoms with van der Waals surface area (Å²) in [5.41, 5.74) is 6.03. The molecular weight excluding hydrogens is 1710 g/mol. The van der Waals surface area contributed by atoms with Crippen molar-refractivity contribution in [2.45, 2.75) is 169 Å². The van der Waals surface area contributed by atoms with Gasteiger partial charge in [-0.1, -0.05) is 140 Å². The summed E-state index contributed by atoms with van der Waals surface area (Å²) in [6.45, 7) is 5.78. The molecule has 9 aromatic carbocycles. The van der Waals surface area contributed by atoms with Gasteiger partial charge in [-0.3, -0.25) is 33.6 Å². The number of benzene rings is 9. The number of phenolic OH excluding ortho intramolecular Hbond substituents is 3. The number of ether oxygens (including phenoxy) is 7. The van der Waals surface area contributed by atoms with Crippen LogP contribution in [0.4, 0.5) is 4.79 Å². The molecule has 2 fully saturated rings. The van der Waals surface area contributed by atoms with Crippen LogP contribution in [0.3, 0.4) is 0 Å². The van der Waals surface area contributed by atoms with Gasteiger partial charge in [-0.05, 0) is 148 Å². The standard InChI is InChI=1S/C91H91Cl2N9O26/c1-39(2)25-58(97-90(121)122-38-55-51-15-9-7-13-49(51)50-14-8-10-16-52(50)55)82(113)101-73-75(108)45-20-23-62(56(92)28-45)124-64-30-47-31-65(79(64)128-89-80(78(111)77(110)66(37-103)126-89)127-68-35-91(4,81(112)40(3)123-68)95-36-41-17-18-42-11-5-6-12-43(42)26-41)125-63-24-21-46(29-57(63)93)76(109)74-87(118)100-72(88(119)120)54-32-48(104)33-61(106)69(54)53-27-44(19-22-60(53)105)70(84(115)102-74)99-85(116)71(47)98-83(114)59(34-67(94)107)96-86(73)117/h5-24,26-33,39-40,55,58-59,66,68,70-78,80-81,89,95,103-106,108-112H,25,34-38H2,1-4H3,(H2,94,107)(H,96,117)(H,97,121)(H,98,114)(H,99,116)(H,100,118)(H,101,113)(H,102,115)(H,119,120)/t40-,58+,59-,66+,68-,70+,71+,72-,73+,74-,75+,76+,77+,78-,80+,81+,89-,91-/m0/s1. The number of hydrogen-bond acceptors (Lipinski definition) is 26. The number of primary amides is 1. The molecule has 8 aliphatic rings. The minimum atomic E-state index is -2.42. The minimum absolute atomic E-state index is 0.119. The Labute approximate surface area is 739 Å². The van der Waals surface area contributed by atoms with Crippen LogP contribution < -0.4 is 62.5 Å². The van der Waals surface area contributed by atoms with Crippen molar-refractivity contribution in [3.8, 4) is 68.2 Å². The fourth-order valence-electron chi connectivity index (χ4n) is 16.9. The first-order chi connectivity index (χ1) is 61.1. The number of carboxylic acids is 1. The van der Waals surface area contributed by atoms with E-state index in [1.165, 1.54) is 12.1 Å². The van der Waals surface area contributed by atoms with Gasteiger partial charge in [0.2, 0.25) is 53.4 Å². The second kappa shape index (κ2) is 37.3.